The summed E-state index contributed by atoms with van der Waals surface area (Å²) in [7, 11) is 0. The van der Waals surface area contributed by atoms with Crippen LogP contribution in [0.2, 0.25) is 0 Å². The number of H-pyrrole nitrogens is 1. The topological polar surface area (TPSA) is 87.0 Å². The van der Waals surface area contributed by atoms with Crippen LogP contribution in [-0.2, 0) is 0 Å². The number of phenolic OH excluding ortho intramolecular Hbond substituents is 2. The highest BCUT2D eigenvalue weighted by Crippen LogP contribution is 2.37. The molecule has 0 radical (unpaired) electrons. The molecule has 0 aliphatic carbocycles. The largest absolute Gasteiger partial charge is 0.508 e. The molecule has 0 saturated carbocycles. The molecular formula is C16H16N4O2S. The molecule has 3 N–H and O–H groups in total. The Labute approximate surface area is 138 Å². The van der Waals surface area contributed by atoms with Gasteiger partial charge in [-0.3, -0.25) is 14.6 Å². The number of hydrogen-bond acceptors (Lipinski definition) is 5. The molecule has 0 atom stereocenters. The first-order valence-electron chi connectivity index (χ1n) is 7.13. The van der Waals surface area contributed by atoms with Crippen molar-refractivity contribution in [3.8, 4) is 28.6 Å². The number of hydrogen-bond donors (Lipinski definition) is 3. The predicted octanol–water partition coefficient (Wildman–Crippen LogP) is 3.53. The smallest absolute Gasteiger partial charge is 0.200 e. The van der Waals surface area contributed by atoms with Gasteiger partial charge in [-0.2, -0.15) is 5.10 Å². The van der Waals surface area contributed by atoms with Crippen molar-refractivity contribution in [2.45, 2.75) is 19.8 Å². The minimum absolute atomic E-state index is 0.0586. The SMILES string of the molecule is CC(C)c1cc(-c2n[nH]c(=S)n2-c2cccnc2)c(O)cc1O. The van der Waals surface area contributed by atoms with Crippen LogP contribution in [0.4, 0.5) is 0 Å². The van der Waals surface area contributed by atoms with E-state index in [-0.39, 0.29) is 17.4 Å². The normalized spacial score (nSPS) is 11.1. The maximum atomic E-state index is 10.3. The van der Waals surface area contributed by atoms with Gasteiger partial charge < -0.3 is 10.2 Å². The summed E-state index contributed by atoms with van der Waals surface area (Å²) in [6, 6.07) is 6.70. The summed E-state index contributed by atoms with van der Waals surface area (Å²) in [6.07, 6.45) is 3.33. The number of benzene rings is 1. The van der Waals surface area contributed by atoms with E-state index < -0.39 is 0 Å². The molecule has 6 nitrogen and oxygen atoms in total. The van der Waals surface area contributed by atoms with Gasteiger partial charge in [0.1, 0.15) is 11.5 Å². The molecule has 0 fully saturated rings. The summed E-state index contributed by atoms with van der Waals surface area (Å²) in [5.74, 6) is 0.555. The molecule has 0 saturated heterocycles. The van der Waals surface area contributed by atoms with Crippen molar-refractivity contribution in [2.24, 2.45) is 0 Å². The molecule has 0 bridgehead atoms. The Morgan fingerprint density at radius 1 is 1.22 bits per heavy atom. The Morgan fingerprint density at radius 3 is 2.65 bits per heavy atom. The number of rotatable bonds is 3. The number of phenols is 2. The number of pyridine rings is 1. The quantitative estimate of drug-likeness (QED) is 0.640. The van der Waals surface area contributed by atoms with E-state index in [1.54, 1.807) is 29.1 Å². The van der Waals surface area contributed by atoms with Gasteiger partial charge in [0.25, 0.3) is 0 Å². The molecule has 0 aliphatic rings. The minimum atomic E-state index is -0.0639. The lowest BCUT2D eigenvalue weighted by Crippen LogP contribution is -1.99. The van der Waals surface area contributed by atoms with Crippen LogP contribution in [-0.4, -0.2) is 30.0 Å². The van der Waals surface area contributed by atoms with Crippen molar-refractivity contribution in [3.63, 3.8) is 0 Å². The Hall–Kier alpha value is -2.67. The van der Waals surface area contributed by atoms with Crippen molar-refractivity contribution in [1.82, 2.24) is 19.7 Å². The molecule has 3 rings (SSSR count). The molecule has 7 heteroatoms. The minimum Gasteiger partial charge on any atom is -0.508 e. The van der Waals surface area contributed by atoms with Crippen molar-refractivity contribution in [1.29, 1.82) is 0 Å². The monoisotopic (exact) mass is 328 g/mol. The van der Waals surface area contributed by atoms with E-state index >= 15 is 0 Å². The predicted molar refractivity (Wildman–Crippen MR) is 89.4 cm³/mol. The molecule has 118 valence electrons. The third-order valence-electron chi connectivity index (χ3n) is 3.58. The van der Waals surface area contributed by atoms with Gasteiger partial charge in [0.05, 0.1) is 17.4 Å². The second-order valence-corrected chi connectivity index (χ2v) is 5.87. The van der Waals surface area contributed by atoms with Crippen LogP contribution in [0.5, 0.6) is 11.5 Å². The second kappa shape index (κ2) is 5.85. The summed E-state index contributed by atoms with van der Waals surface area (Å²) < 4.78 is 2.09. The maximum absolute atomic E-state index is 10.3. The molecule has 2 heterocycles. The van der Waals surface area contributed by atoms with Gasteiger partial charge in [0.2, 0.25) is 0 Å². The highest BCUT2D eigenvalue weighted by atomic mass is 32.1. The van der Waals surface area contributed by atoms with Crippen LogP contribution in [0.15, 0.2) is 36.7 Å². The molecule has 0 aliphatic heterocycles. The zero-order chi connectivity index (χ0) is 16.6. The number of aromatic amines is 1. The second-order valence-electron chi connectivity index (χ2n) is 5.48. The fourth-order valence-corrected chi connectivity index (χ4v) is 2.68. The average molecular weight is 328 g/mol. The molecular weight excluding hydrogens is 312 g/mol. The molecule has 2 aromatic heterocycles. The van der Waals surface area contributed by atoms with Gasteiger partial charge in [-0.1, -0.05) is 13.8 Å². The van der Waals surface area contributed by atoms with Gasteiger partial charge in [0.15, 0.2) is 10.6 Å². The summed E-state index contributed by atoms with van der Waals surface area (Å²) in [4.78, 5) is 4.09. The molecule has 0 unspecified atom stereocenters. The van der Waals surface area contributed by atoms with Gasteiger partial charge in [0, 0.05) is 12.3 Å². The van der Waals surface area contributed by atoms with E-state index in [1.807, 2.05) is 19.9 Å². The molecule has 23 heavy (non-hydrogen) atoms. The number of nitrogens with zero attached hydrogens (tertiary/aromatic N) is 3. The van der Waals surface area contributed by atoms with Crippen molar-refractivity contribution >= 4 is 12.2 Å². The van der Waals surface area contributed by atoms with Gasteiger partial charge in [-0.15, -0.1) is 0 Å². The van der Waals surface area contributed by atoms with E-state index in [0.717, 1.165) is 11.3 Å². The van der Waals surface area contributed by atoms with Crippen molar-refractivity contribution < 1.29 is 10.2 Å². The van der Waals surface area contributed by atoms with Crippen LogP contribution in [0, 0.1) is 4.77 Å². The molecule has 0 amide bonds. The standard InChI is InChI=1S/C16H16N4O2S/c1-9(2)11-6-12(14(22)7-13(11)21)15-18-19-16(23)20(15)10-4-3-5-17-8-10/h3-9,21-22H,1-2H3,(H,19,23). The number of aromatic hydroxyl groups is 2. The lowest BCUT2D eigenvalue weighted by atomic mass is 9.98. The summed E-state index contributed by atoms with van der Waals surface area (Å²) in [5, 5.41) is 27.2. The number of aromatic nitrogens is 4. The van der Waals surface area contributed by atoms with E-state index in [9.17, 15) is 10.2 Å². The van der Waals surface area contributed by atoms with Crippen LogP contribution >= 0.6 is 12.2 Å². The van der Waals surface area contributed by atoms with Gasteiger partial charge >= 0.3 is 0 Å². The average Bonchev–Trinajstić information content (AvgIpc) is 2.89. The summed E-state index contributed by atoms with van der Waals surface area (Å²) in [6.45, 7) is 3.93. The first kappa shape index (κ1) is 15.2. The highest BCUT2D eigenvalue weighted by Gasteiger charge is 2.18. The van der Waals surface area contributed by atoms with E-state index in [1.165, 1.54) is 6.07 Å². The summed E-state index contributed by atoms with van der Waals surface area (Å²) >= 11 is 5.29. The van der Waals surface area contributed by atoms with Gasteiger partial charge in [-0.05, 0) is 41.9 Å². The van der Waals surface area contributed by atoms with Crippen molar-refractivity contribution in [2.75, 3.05) is 0 Å². The molecule has 1 aromatic carbocycles. The Morgan fingerprint density at radius 2 is 2.00 bits per heavy atom. The van der Waals surface area contributed by atoms with Crippen molar-refractivity contribution in [3.05, 3.63) is 47.0 Å². The third kappa shape index (κ3) is 2.70. The van der Waals surface area contributed by atoms with E-state index in [0.29, 0.717) is 16.2 Å². The van der Waals surface area contributed by atoms with Crippen LogP contribution < -0.4 is 0 Å². The molecule has 0 spiro atoms. The summed E-state index contributed by atoms with van der Waals surface area (Å²) in [5.41, 5.74) is 1.95. The van der Waals surface area contributed by atoms with Crippen LogP contribution in [0.25, 0.3) is 17.1 Å². The third-order valence-corrected chi connectivity index (χ3v) is 3.86. The number of nitrogens with one attached hydrogen (secondary N) is 1. The maximum Gasteiger partial charge on any atom is 0.200 e. The lowest BCUT2D eigenvalue weighted by Gasteiger charge is -2.13. The fourth-order valence-electron chi connectivity index (χ4n) is 2.44. The van der Waals surface area contributed by atoms with Crippen LogP contribution in [0.1, 0.15) is 25.3 Å². The van der Waals surface area contributed by atoms with Crippen LogP contribution in [0.3, 0.4) is 0 Å². The molecule has 3 aromatic rings. The highest BCUT2D eigenvalue weighted by molar-refractivity contribution is 7.71. The Kier molecular flexibility index (Phi) is 3.87. The zero-order valence-corrected chi connectivity index (χ0v) is 13.5. The first-order chi connectivity index (χ1) is 11.0. The fraction of sp³-hybridized carbons (Fsp3) is 0.188. The zero-order valence-electron chi connectivity index (χ0n) is 12.7. The first-order valence-corrected chi connectivity index (χ1v) is 7.54. The lowest BCUT2D eigenvalue weighted by molar-refractivity contribution is 0.444. The Bertz CT molecular complexity index is 900. The Balaban J connectivity index is 2.25. The van der Waals surface area contributed by atoms with Gasteiger partial charge in [-0.25, -0.2) is 0 Å². The van der Waals surface area contributed by atoms with E-state index in [4.69, 9.17) is 12.2 Å². The van der Waals surface area contributed by atoms with E-state index in [2.05, 4.69) is 15.2 Å².